The van der Waals surface area contributed by atoms with E-state index < -0.39 is 10.8 Å². The van der Waals surface area contributed by atoms with Gasteiger partial charge >= 0.3 is 63.2 Å². The molecule has 30 rings (SSSR count). The Morgan fingerprint density at radius 1 is 0.274 bits per heavy atom. The van der Waals surface area contributed by atoms with E-state index in [9.17, 15) is 0 Å². The standard InChI is InChI=1S/C54H30N4OS.C28H14N4O4.C28H14N4OS3.3Pt/c1-6-22-43-37(17-1)38-18-2-7-23-44(38)53(43)47-26-10-5-21-41(47)50-48(53)31-55-57(50)33-13-11-15-35(29-33)59-36-16-12-14-34(30-36)58-51-42-27-28-60-52(42)54(49(51)32-56-58)45-24-8-3-19-39(45)40-20-4-9-25-46(40)54;1-2-10-22-21(9-1)26-24(35-22)15-29-31(26)17-5-3-7-19(13-17)34-20-8-4-6-18(14-20)32-27-25(16-30-32)36-23-11-12-33-28(23)27;1-2-10-23-21(9-1)27-24(35-23)13-29-31(27)17-5-3-7-19(11-17)33-20-8-4-6-18(12-20)32-28-22-15-34-16-26(22)36-25(28)14-30-32;;;/h1-28,31-32H;1-12,15-16H;1-10,13-16H;;;/q3*-2;3*+2. The minimum Gasteiger partial charge on any atom is -0.509 e. The van der Waals surface area contributed by atoms with E-state index in [2.05, 4.69) is 237 Å². The van der Waals surface area contributed by atoms with Crippen molar-refractivity contribution in [3.8, 4) is 113 Å². The van der Waals surface area contributed by atoms with E-state index in [-0.39, 0.29) is 63.2 Å². The van der Waals surface area contributed by atoms with Gasteiger partial charge in [-0.05, 0) is 114 Å². The number of aromatic nitrogens is 12. The Hall–Kier alpha value is -14.7. The number of nitrogens with zero attached hydrogens (tertiary/aromatic N) is 12. The molecule has 26 aromatic rings. The quantitative estimate of drug-likeness (QED) is 0.106. The van der Waals surface area contributed by atoms with Crippen LogP contribution in [0, 0.1) is 36.4 Å². The van der Waals surface area contributed by atoms with Gasteiger partial charge in [0.05, 0.1) is 86.1 Å². The fraction of sp³-hybridized carbons (Fsp3) is 0.0182. The maximum absolute atomic E-state index is 6.60. The molecular weight excluding hydrogens is 2300 g/mol. The van der Waals surface area contributed by atoms with Crippen LogP contribution in [0.2, 0.25) is 0 Å². The molecule has 13 aromatic carbocycles. The van der Waals surface area contributed by atoms with Crippen LogP contribution < -0.4 is 14.2 Å². The summed E-state index contributed by atoms with van der Waals surface area (Å²) in [6.07, 6.45) is 12.9. The van der Waals surface area contributed by atoms with Gasteiger partial charge in [-0.1, -0.05) is 152 Å². The van der Waals surface area contributed by atoms with Crippen molar-refractivity contribution in [1.82, 2.24) is 58.7 Å². The summed E-state index contributed by atoms with van der Waals surface area (Å²) < 4.78 is 52.6. The van der Waals surface area contributed by atoms with E-state index in [1.807, 2.05) is 181 Å². The number of ether oxygens (including phenoxy) is 3. The Morgan fingerprint density at radius 3 is 1.19 bits per heavy atom. The van der Waals surface area contributed by atoms with Crippen LogP contribution >= 0.6 is 45.3 Å². The van der Waals surface area contributed by atoms with Crippen LogP contribution in [0.25, 0.3) is 164 Å². The SMILES string of the molecule is [Pt+2].[Pt+2].[Pt+2].[c-]1c(Oc2[c-]c(-n3ncc4c3-c3ccsc3C43c4ccccc4-c4ccccc43)ccc2)cccc1-n1ncc2c1-c1ccccc1C21c2ccccc2-c2ccccc21.[c-]1c(Oc2[c-]c(-n3ncc4oc5ccoc5c43)ccc2)cccc1-n1ncc2oc3ccccc3c21.[c-]1c(Oc2[c-]c(-n3ncc4sc5cscc5c43)ccc2)cccc1-n1ncc2sc3ccccc3c21. The van der Waals surface area contributed by atoms with Gasteiger partial charge in [-0.25, -0.2) is 0 Å². The number of furan rings is 3. The van der Waals surface area contributed by atoms with Gasteiger partial charge in [-0.15, -0.1) is 143 Å². The Labute approximate surface area is 827 Å². The summed E-state index contributed by atoms with van der Waals surface area (Å²) in [5.41, 5.74) is 29.7. The average molecular weight is 2360 g/mol. The number of fused-ring (bicyclic) bond motifs is 32. The molecule has 2 spiro atoms. The van der Waals surface area contributed by atoms with Gasteiger partial charge in [0, 0.05) is 104 Å². The predicted octanol–water partition coefficient (Wildman–Crippen LogP) is 27.3. The Morgan fingerprint density at radius 2 is 0.659 bits per heavy atom. The number of hydrogen-bond acceptors (Lipinski definition) is 16. The Kier molecular flexibility index (Phi) is 19.7. The smallest absolute Gasteiger partial charge is 0.509 e. The zero-order valence-corrected chi connectivity index (χ0v) is 80.0. The molecule has 25 heteroatoms. The van der Waals surface area contributed by atoms with Crippen LogP contribution in [0.3, 0.4) is 0 Å². The zero-order chi connectivity index (χ0) is 86.4. The van der Waals surface area contributed by atoms with E-state index in [0.29, 0.717) is 62.5 Å². The minimum atomic E-state index is -0.457. The Bertz CT molecular complexity index is 8840. The number of benzene rings is 13. The molecule has 0 amide bonds. The number of hydrogen-bond donors (Lipinski definition) is 0. The normalized spacial score (nSPS) is 12.8. The van der Waals surface area contributed by atoms with Crippen molar-refractivity contribution in [2.75, 3.05) is 0 Å². The molecule has 0 atom stereocenters. The first-order valence-corrected chi connectivity index (χ1v) is 46.2. The van der Waals surface area contributed by atoms with Crippen LogP contribution in [0.5, 0.6) is 34.5 Å². The van der Waals surface area contributed by atoms with Gasteiger partial charge in [0.2, 0.25) is 0 Å². The van der Waals surface area contributed by atoms with E-state index in [4.69, 9.17) is 37.7 Å². The van der Waals surface area contributed by atoms with Crippen LogP contribution in [-0.2, 0) is 74.0 Å². The van der Waals surface area contributed by atoms with E-state index in [1.165, 1.54) is 102 Å². The summed E-state index contributed by atoms with van der Waals surface area (Å²) in [6, 6.07) is 120. The molecule has 0 aliphatic heterocycles. The van der Waals surface area contributed by atoms with Gasteiger partial charge in [0.1, 0.15) is 11.1 Å². The monoisotopic (exact) mass is 2360 g/mol. The van der Waals surface area contributed by atoms with E-state index in [1.54, 1.807) is 63.4 Å². The first kappa shape index (κ1) is 82.2. The molecule has 0 radical (unpaired) electrons. The molecule has 0 unspecified atom stereocenters. The van der Waals surface area contributed by atoms with Crippen molar-refractivity contribution < 1.29 is 90.7 Å². The molecule has 135 heavy (non-hydrogen) atoms. The van der Waals surface area contributed by atoms with Gasteiger partial charge < -0.3 is 27.5 Å². The van der Waals surface area contributed by atoms with E-state index >= 15 is 0 Å². The molecular formula is C110H58N12O6Pt3S4. The predicted molar refractivity (Wildman–Crippen MR) is 516 cm³/mol. The molecule has 0 saturated heterocycles. The molecule has 648 valence electrons. The fourth-order valence-corrected chi connectivity index (χ4v) is 24.4. The third-order valence-corrected chi connectivity index (χ3v) is 29.6. The average Bonchev–Trinajstić information content (AvgIpc) is 1.50. The summed E-state index contributed by atoms with van der Waals surface area (Å²) >= 11 is 7.04. The van der Waals surface area contributed by atoms with Crippen LogP contribution in [-0.4, -0.2) is 58.7 Å². The van der Waals surface area contributed by atoms with Crippen LogP contribution in [0.1, 0.15) is 43.8 Å². The van der Waals surface area contributed by atoms with Crippen molar-refractivity contribution >= 4 is 130 Å². The topological polar surface area (TPSA) is 174 Å². The molecule has 0 fully saturated rings. The summed E-state index contributed by atoms with van der Waals surface area (Å²) in [4.78, 5) is 1.33. The zero-order valence-electron chi connectivity index (χ0n) is 69.9. The fourth-order valence-electron chi connectivity index (χ4n) is 20.2. The van der Waals surface area contributed by atoms with Crippen LogP contribution in [0.4, 0.5) is 0 Å². The molecule has 13 heterocycles. The molecule has 4 aliphatic carbocycles. The van der Waals surface area contributed by atoms with Crippen LogP contribution in [0.15, 0.2) is 364 Å². The third kappa shape index (κ3) is 12.5. The molecule has 0 saturated carbocycles. The second-order valence-corrected chi connectivity index (χ2v) is 36.3. The summed E-state index contributed by atoms with van der Waals surface area (Å²) in [5, 5.41) is 38.4. The van der Waals surface area contributed by atoms with Gasteiger partial charge in [-0.2, -0.15) is 78.3 Å². The number of para-hydroxylation sites is 1. The van der Waals surface area contributed by atoms with Crippen molar-refractivity contribution in [3.05, 3.63) is 431 Å². The summed E-state index contributed by atoms with van der Waals surface area (Å²) in [5.74, 6) is 3.40. The summed E-state index contributed by atoms with van der Waals surface area (Å²) in [6.45, 7) is 0. The maximum Gasteiger partial charge on any atom is 2.00 e. The number of rotatable bonds is 12. The second-order valence-electron chi connectivity index (χ2n) is 32.5. The molecule has 4 aliphatic rings. The minimum absolute atomic E-state index is 0. The third-order valence-electron chi connectivity index (χ3n) is 25.5. The van der Waals surface area contributed by atoms with Crippen molar-refractivity contribution in [2.45, 2.75) is 10.8 Å². The first-order chi connectivity index (χ1) is 65.4. The molecule has 13 aromatic heterocycles. The van der Waals surface area contributed by atoms with Crippen molar-refractivity contribution in [1.29, 1.82) is 0 Å². The molecule has 18 nitrogen and oxygen atoms in total. The summed E-state index contributed by atoms with van der Waals surface area (Å²) in [7, 11) is 0. The van der Waals surface area contributed by atoms with Gasteiger partial charge in [0.15, 0.2) is 27.8 Å². The largest absolute Gasteiger partial charge is 2.00 e. The van der Waals surface area contributed by atoms with Crippen molar-refractivity contribution in [2.24, 2.45) is 0 Å². The van der Waals surface area contributed by atoms with Gasteiger partial charge in [0.25, 0.3) is 0 Å². The molecule has 0 bridgehead atoms. The van der Waals surface area contributed by atoms with E-state index in [0.717, 1.165) is 77.6 Å². The first-order valence-electron chi connectivity index (χ1n) is 42.7. The van der Waals surface area contributed by atoms with Crippen molar-refractivity contribution in [3.63, 3.8) is 0 Å². The van der Waals surface area contributed by atoms with Gasteiger partial charge in [-0.3, -0.25) is 28.1 Å². The Balaban J connectivity index is 0.000000113. The molecule has 0 N–H and O–H groups in total. The maximum atomic E-state index is 6.60. The number of thiophene rings is 4. The second kappa shape index (κ2) is 32.3.